The van der Waals surface area contributed by atoms with Crippen LogP contribution in [0.15, 0.2) is 72.8 Å². The molecule has 0 fully saturated rings. The molecular formula is C25H20FNO5. The summed E-state index contributed by atoms with van der Waals surface area (Å²) in [6.07, 6.45) is -0.944. The molecule has 162 valence electrons. The molecule has 7 heteroatoms. The van der Waals surface area contributed by atoms with Gasteiger partial charge >= 0.3 is 0 Å². The Bertz CT molecular complexity index is 1180. The first-order chi connectivity index (χ1) is 15.4. The lowest BCUT2D eigenvalue weighted by Crippen LogP contribution is -2.44. The Hall–Kier alpha value is -4.00. The molecule has 0 saturated carbocycles. The van der Waals surface area contributed by atoms with Gasteiger partial charge in [0.15, 0.2) is 23.5 Å². The van der Waals surface area contributed by atoms with Crippen molar-refractivity contribution < 1.29 is 28.2 Å². The Kier molecular flexibility index (Phi) is 5.98. The highest BCUT2D eigenvalue weighted by atomic mass is 19.1. The number of halogens is 1. The van der Waals surface area contributed by atoms with Gasteiger partial charge in [-0.05, 0) is 42.8 Å². The van der Waals surface area contributed by atoms with Gasteiger partial charge in [-0.2, -0.15) is 0 Å². The van der Waals surface area contributed by atoms with Gasteiger partial charge in [0.05, 0.1) is 12.1 Å². The third-order valence-corrected chi connectivity index (χ3v) is 5.07. The average Bonchev–Trinajstić information content (AvgIpc) is 2.89. The molecule has 2 amide bonds. The summed E-state index contributed by atoms with van der Waals surface area (Å²) in [6.45, 7) is 1.16. The normalized spacial score (nSPS) is 15.6. The summed E-state index contributed by atoms with van der Waals surface area (Å²) in [4.78, 5) is 39.2. The fraction of sp³-hybridized carbons (Fsp3) is 0.160. The summed E-state index contributed by atoms with van der Waals surface area (Å²) in [5, 5.41) is 0. The van der Waals surface area contributed by atoms with Crippen molar-refractivity contribution in [3.63, 3.8) is 0 Å². The topological polar surface area (TPSA) is 72.9 Å². The number of para-hydroxylation sites is 1. The second kappa shape index (κ2) is 9.01. The molecule has 0 bridgehead atoms. The molecule has 0 radical (unpaired) electrons. The number of carbonyl (C=O) groups is 3. The SMILES string of the molecule is C[C@@H]1Oc2ccccc2C(=O)N(CC(=O)c2ccc(OCc3ccccc3)c(F)c2)C1=O. The van der Waals surface area contributed by atoms with Crippen molar-refractivity contribution in [3.05, 3.63) is 95.3 Å². The van der Waals surface area contributed by atoms with E-state index >= 15 is 0 Å². The predicted molar refractivity (Wildman–Crippen MR) is 114 cm³/mol. The Morgan fingerprint density at radius 1 is 1.03 bits per heavy atom. The molecule has 3 aromatic carbocycles. The zero-order valence-electron chi connectivity index (χ0n) is 17.3. The molecule has 0 aromatic heterocycles. The molecule has 0 spiro atoms. The Morgan fingerprint density at radius 2 is 1.75 bits per heavy atom. The van der Waals surface area contributed by atoms with Gasteiger partial charge in [0.2, 0.25) is 0 Å². The fourth-order valence-corrected chi connectivity index (χ4v) is 3.36. The van der Waals surface area contributed by atoms with Gasteiger partial charge in [0.1, 0.15) is 12.4 Å². The van der Waals surface area contributed by atoms with Gasteiger partial charge in [0, 0.05) is 5.56 Å². The van der Waals surface area contributed by atoms with E-state index in [0.717, 1.165) is 16.5 Å². The van der Waals surface area contributed by atoms with Crippen LogP contribution in [0.1, 0.15) is 33.2 Å². The maximum absolute atomic E-state index is 14.5. The summed E-state index contributed by atoms with van der Waals surface area (Å²) in [5.41, 5.74) is 1.09. The van der Waals surface area contributed by atoms with Crippen molar-refractivity contribution in [1.29, 1.82) is 0 Å². The number of Topliss-reactive ketones (excluding diaryl/α,β-unsaturated/α-hetero) is 1. The fourth-order valence-electron chi connectivity index (χ4n) is 3.36. The first-order valence-corrected chi connectivity index (χ1v) is 10.0. The van der Waals surface area contributed by atoms with Gasteiger partial charge in [0.25, 0.3) is 11.8 Å². The molecule has 0 unspecified atom stereocenters. The van der Waals surface area contributed by atoms with E-state index in [0.29, 0.717) is 0 Å². The highest BCUT2D eigenvalue weighted by molar-refractivity contribution is 6.12. The van der Waals surface area contributed by atoms with E-state index in [1.165, 1.54) is 25.1 Å². The quantitative estimate of drug-likeness (QED) is 0.433. The molecular weight excluding hydrogens is 413 g/mol. The van der Waals surface area contributed by atoms with Gasteiger partial charge in [-0.3, -0.25) is 19.3 Å². The van der Waals surface area contributed by atoms with E-state index in [2.05, 4.69) is 0 Å². The lowest BCUT2D eigenvalue weighted by atomic mass is 10.1. The lowest BCUT2D eigenvalue weighted by molar-refractivity contribution is -0.134. The Balaban J connectivity index is 1.50. The summed E-state index contributed by atoms with van der Waals surface area (Å²) < 4.78 is 25.6. The number of ether oxygens (including phenoxy) is 2. The molecule has 0 N–H and O–H groups in total. The molecule has 0 aliphatic carbocycles. The largest absolute Gasteiger partial charge is 0.486 e. The van der Waals surface area contributed by atoms with Crippen LogP contribution in [0.2, 0.25) is 0 Å². The number of ketones is 1. The van der Waals surface area contributed by atoms with Crippen LogP contribution >= 0.6 is 0 Å². The van der Waals surface area contributed by atoms with Crippen LogP contribution in [0.25, 0.3) is 0 Å². The van der Waals surface area contributed by atoms with Crippen LogP contribution in [0.4, 0.5) is 4.39 Å². The average molecular weight is 433 g/mol. The van der Waals surface area contributed by atoms with Gasteiger partial charge in [-0.25, -0.2) is 4.39 Å². The van der Waals surface area contributed by atoms with Crippen molar-refractivity contribution in [2.75, 3.05) is 6.54 Å². The summed E-state index contributed by atoms with van der Waals surface area (Å²) in [7, 11) is 0. The van der Waals surface area contributed by atoms with E-state index < -0.39 is 36.1 Å². The van der Waals surface area contributed by atoms with Gasteiger partial charge in [-0.15, -0.1) is 0 Å². The number of nitrogens with zero attached hydrogens (tertiary/aromatic N) is 1. The maximum Gasteiger partial charge on any atom is 0.270 e. The molecule has 4 rings (SSSR count). The van der Waals surface area contributed by atoms with E-state index in [-0.39, 0.29) is 29.2 Å². The van der Waals surface area contributed by atoms with Crippen LogP contribution in [-0.2, 0) is 11.4 Å². The highest BCUT2D eigenvalue weighted by Crippen LogP contribution is 2.26. The minimum absolute atomic E-state index is 0.00304. The third-order valence-electron chi connectivity index (χ3n) is 5.07. The van der Waals surface area contributed by atoms with E-state index in [1.807, 2.05) is 30.3 Å². The second-order valence-corrected chi connectivity index (χ2v) is 7.33. The van der Waals surface area contributed by atoms with Crippen molar-refractivity contribution in [2.45, 2.75) is 19.6 Å². The minimum Gasteiger partial charge on any atom is -0.486 e. The molecule has 0 saturated heterocycles. The second-order valence-electron chi connectivity index (χ2n) is 7.33. The number of rotatable bonds is 6. The monoisotopic (exact) mass is 433 g/mol. The maximum atomic E-state index is 14.5. The van der Waals surface area contributed by atoms with Crippen LogP contribution in [0.5, 0.6) is 11.5 Å². The number of carbonyl (C=O) groups excluding carboxylic acids is 3. The number of amides is 2. The predicted octanol–water partition coefficient (Wildman–Crippen LogP) is 4.04. The first-order valence-electron chi connectivity index (χ1n) is 10.0. The summed E-state index contributed by atoms with van der Waals surface area (Å²) >= 11 is 0. The molecule has 3 aromatic rings. The van der Waals surface area contributed by atoms with Crippen LogP contribution in [0.3, 0.4) is 0 Å². The number of hydrogen-bond donors (Lipinski definition) is 0. The summed E-state index contributed by atoms with van der Waals surface area (Å²) in [5.74, 6) is -2.27. The smallest absolute Gasteiger partial charge is 0.270 e. The van der Waals surface area contributed by atoms with Crippen LogP contribution in [0, 0.1) is 5.82 Å². The molecule has 1 atom stereocenters. The van der Waals surface area contributed by atoms with Crippen molar-refractivity contribution in [1.82, 2.24) is 4.90 Å². The zero-order chi connectivity index (χ0) is 22.7. The van der Waals surface area contributed by atoms with Gasteiger partial charge in [-0.1, -0.05) is 42.5 Å². The third kappa shape index (κ3) is 4.37. The lowest BCUT2D eigenvalue weighted by Gasteiger charge is -2.19. The molecule has 1 aliphatic rings. The number of fused-ring (bicyclic) bond motifs is 1. The van der Waals surface area contributed by atoms with Gasteiger partial charge < -0.3 is 9.47 Å². The van der Waals surface area contributed by atoms with E-state index in [4.69, 9.17) is 9.47 Å². The van der Waals surface area contributed by atoms with Crippen LogP contribution in [-0.4, -0.2) is 35.1 Å². The Labute approximate surface area is 184 Å². The first kappa shape index (κ1) is 21.2. The molecule has 32 heavy (non-hydrogen) atoms. The molecule has 1 aliphatic heterocycles. The van der Waals surface area contributed by atoms with Crippen molar-refractivity contribution in [3.8, 4) is 11.5 Å². The Morgan fingerprint density at radius 3 is 2.50 bits per heavy atom. The van der Waals surface area contributed by atoms with Crippen molar-refractivity contribution in [2.24, 2.45) is 0 Å². The number of hydrogen-bond acceptors (Lipinski definition) is 5. The summed E-state index contributed by atoms with van der Waals surface area (Å²) in [6, 6.07) is 19.5. The van der Waals surface area contributed by atoms with E-state index in [1.54, 1.807) is 18.2 Å². The highest BCUT2D eigenvalue weighted by Gasteiger charge is 2.35. The molecule has 6 nitrogen and oxygen atoms in total. The minimum atomic E-state index is -0.944. The van der Waals surface area contributed by atoms with Crippen LogP contribution < -0.4 is 9.47 Å². The van der Waals surface area contributed by atoms with E-state index in [9.17, 15) is 18.8 Å². The number of benzene rings is 3. The molecule has 1 heterocycles. The standard InChI is InChI=1S/C25H20FNO5/c1-16-24(29)27(25(30)19-9-5-6-10-22(19)32-16)14-21(28)18-11-12-23(20(26)13-18)31-15-17-7-3-2-4-8-17/h2-13,16H,14-15H2,1H3/t16-/m0/s1. The zero-order valence-corrected chi connectivity index (χ0v) is 17.3. The number of imide groups is 1. The van der Waals surface area contributed by atoms with Crippen molar-refractivity contribution >= 4 is 17.6 Å².